The Bertz CT molecular complexity index is 1320. The lowest BCUT2D eigenvalue weighted by atomic mass is 9.93. The van der Waals surface area contributed by atoms with Crippen molar-refractivity contribution < 1.29 is 9.47 Å². The van der Waals surface area contributed by atoms with Crippen molar-refractivity contribution in [2.45, 2.75) is 10.5 Å². The van der Waals surface area contributed by atoms with E-state index in [9.17, 15) is 0 Å². The summed E-state index contributed by atoms with van der Waals surface area (Å²) in [6, 6.07) is 38.4. The second-order valence-corrected chi connectivity index (χ2v) is 11.9. The van der Waals surface area contributed by atoms with Gasteiger partial charge in [0.15, 0.2) is 0 Å². The molecule has 0 radical (unpaired) electrons. The highest BCUT2D eigenvalue weighted by atomic mass is 32.2. The van der Waals surface area contributed by atoms with Crippen molar-refractivity contribution in [2.24, 2.45) is 0 Å². The summed E-state index contributed by atoms with van der Waals surface area (Å²) in [5, 5.41) is 0. The monoisotopic (exact) mass is 536 g/mol. The molecule has 5 rings (SSSR count). The Hall–Kier alpha value is -3.34. The molecule has 1 aliphatic heterocycles. The highest BCUT2D eigenvalue weighted by Gasteiger charge is 2.39. The van der Waals surface area contributed by atoms with E-state index in [2.05, 4.69) is 121 Å². The van der Waals surface area contributed by atoms with Crippen LogP contribution in [0.2, 0.25) is 0 Å². The van der Waals surface area contributed by atoms with Gasteiger partial charge in [0.25, 0.3) is 0 Å². The molecule has 0 saturated carbocycles. The van der Waals surface area contributed by atoms with Gasteiger partial charge in [-0.05, 0) is 75.6 Å². The minimum Gasteiger partial charge on any atom is -0.497 e. The largest absolute Gasteiger partial charge is 0.497 e. The first kappa shape index (κ1) is 26.3. The molecule has 0 aliphatic carbocycles. The first-order chi connectivity index (χ1) is 18.7. The summed E-state index contributed by atoms with van der Waals surface area (Å²) in [6.45, 7) is 0. The van der Waals surface area contributed by atoms with E-state index in [1.807, 2.05) is 24.3 Å². The molecule has 38 heavy (non-hydrogen) atoms. The molecule has 0 spiro atoms. The maximum absolute atomic E-state index is 5.43. The van der Waals surface area contributed by atoms with Crippen LogP contribution in [0.5, 0.6) is 11.5 Å². The Kier molecular flexibility index (Phi) is 8.62. The van der Waals surface area contributed by atoms with E-state index in [4.69, 9.17) is 9.47 Å². The molecule has 0 atom stereocenters. The van der Waals surface area contributed by atoms with Crippen molar-refractivity contribution in [3.05, 3.63) is 144 Å². The number of hydrogen-bond acceptors (Lipinski definition) is 4. The smallest absolute Gasteiger partial charge is 0.118 e. The Morgan fingerprint density at radius 2 is 1.11 bits per heavy atom. The molecule has 0 unspecified atom stereocenters. The van der Waals surface area contributed by atoms with Gasteiger partial charge in [0, 0.05) is 0 Å². The number of benzene rings is 4. The van der Waals surface area contributed by atoms with Crippen molar-refractivity contribution >= 4 is 34.7 Å². The van der Waals surface area contributed by atoms with Crippen LogP contribution in [0.25, 0.3) is 11.1 Å². The number of thioether (sulfide) groups is 2. The Morgan fingerprint density at radius 3 is 1.61 bits per heavy atom. The summed E-state index contributed by atoms with van der Waals surface area (Å²) in [4.78, 5) is 0. The molecule has 1 heterocycles. The van der Waals surface area contributed by atoms with E-state index in [0.717, 1.165) is 39.7 Å². The third-order valence-corrected chi connectivity index (χ3v) is 10.1. The molecular formula is C34H32O2S2. The van der Waals surface area contributed by atoms with Crippen LogP contribution in [-0.4, -0.2) is 25.7 Å². The predicted molar refractivity (Wildman–Crippen MR) is 165 cm³/mol. The van der Waals surface area contributed by atoms with Gasteiger partial charge in [0.05, 0.1) is 14.2 Å². The molecule has 2 nitrogen and oxygen atoms in total. The normalized spacial score (nSPS) is 14.9. The highest BCUT2D eigenvalue weighted by molar-refractivity contribution is 8.18. The zero-order valence-corrected chi connectivity index (χ0v) is 23.4. The van der Waals surface area contributed by atoms with Crippen LogP contribution in [0.4, 0.5) is 0 Å². The molecule has 0 amide bonds. The van der Waals surface area contributed by atoms with Crippen LogP contribution in [0.1, 0.15) is 28.7 Å². The van der Waals surface area contributed by atoms with Crippen molar-refractivity contribution in [1.29, 1.82) is 0 Å². The molecule has 4 aromatic carbocycles. The standard InChI is InChI=1S/C34H32O2S2/c1-35-30-18-14-26(15-19-30)32(27-16-20-31(36-2)21-17-27)22-23-33(28-10-5-3-6-11-28)34(37-24-9-25-38-34)29-12-7-4-8-13-29/h3-8,10-23H,9,24-25H2,1-2H3/b33-23-. The van der Waals surface area contributed by atoms with Gasteiger partial charge in [-0.25, -0.2) is 0 Å². The summed E-state index contributed by atoms with van der Waals surface area (Å²) >= 11 is 4.10. The van der Waals surface area contributed by atoms with E-state index in [1.54, 1.807) is 14.2 Å². The predicted octanol–water partition coefficient (Wildman–Crippen LogP) is 8.94. The van der Waals surface area contributed by atoms with Gasteiger partial charge in [0.1, 0.15) is 15.6 Å². The quantitative estimate of drug-likeness (QED) is 0.209. The summed E-state index contributed by atoms with van der Waals surface area (Å²) in [5.41, 5.74) is 7.33. The molecule has 0 bridgehead atoms. The molecule has 4 aromatic rings. The molecule has 1 fully saturated rings. The van der Waals surface area contributed by atoms with Crippen LogP contribution in [0.15, 0.2) is 121 Å². The maximum Gasteiger partial charge on any atom is 0.118 e. The van der Waals surface area contributed by atoms with Gasteiger partial charge in [-0.3, -0.25) is 0 Å². The van der Waals surface area contributed by atoms with Crippen LogP contribution in [0, 0.1) is 0 Å². The molecular weight excluding hydrogens is 505 g/mol. The Morgan fingerprint density at radius 1 is 0.605 bits per heavy atom. The minimum absolute atomic E-state index is 0.178. The van der Waals surface area contributed by atoms with E-state index in [1.165, 1.54) is 23.1 Å². The lowest BCUT2D eigenvalue weighted by Gasteiger charge is -2.39. The van der Waals surface area contributed by atoms with Crippen LogP contribution in [-0.2, 0) is 4.08 Å². The van der Waals surface area contributed by atoms with Crippen LogP contribution in [0.3, 0.4) is 0 Å². The molecule has 4 heteroatoms. The number of rotatable bonds is 8. The van der Waals surface area contributed by atoms with E-state index < -0.39 is 0 Å². The summed E-state index contributed by atoms with van der Waals surface area (Å²) < 4.78 is 10.7. The third-order valence-electron chi connectivity index (χ3n) is 6.71. The van der Waals surface area contributed by atoms with Crippen LogP contribution >= 0.6 is 23.5 Å². The fourth-order valence-electron chi connectivity index (χ4n) is 4.75. The van der Waals surface area contributed by atoms with E-state index >= 15 is 0 Å². The number of ether oxygens (including phenoxy) is 2. The van der Waals surface area contributed by atoms with Crippen molar-refractivity contribution in [3.63, 3.8) is 0 Å². The molecule has 0 N–H and O–H groups in total. The van der Waals surface area contributed by atoms with Crippen molar-refractivity contribution in [2.75, 3.05) is 25.7 Å². The van der Waals surface area contributed by atoms with Crippen LogP contribution < -0.4 is 9.47 Å². The number of methoxy groups -OCH3 is 2. The highest BCUT2D eigenvalue weighted by Crippen LogP contribution is 2.58. The topological polar surface area (TPSA) is 18.5 Å². The maximum atomic E-state index is 5.43. The average Bonchev–Trinajstić information content (AvgIpc) is 3.01. The van der Waals surface area contributed by atoms with Gasteiger partial charge >= 0.3 is 0 Å². The molecule has 1 saturated heterocycles. The molecule has 0 aromatic heterocycles. The van der Waals surface area contributed by atoms with E-state index in [-0.39, 0.29) is 4.08 Å². The minimum atomic E-state index is -0.178. The van der Waals surface area contributed by atoms with Gasteiger partial charge in [-0.2, -0.15) is 0 Å². The Balaban J connectivity index is 1.70. The molecule has 1 aliphatic rings. The van der Waals surface area contributed by atoms with Gasteiger partial charge < -0.3 is 9.47 Å². The first-order valence-electron chi connectivity index (χ1n) is 12.8. The SMILES string of the molecule is COc1ccc(C(=C/C=C(/c2ccccc2)C2(c3ccccc3)SCCCS2)c2ccc(OC)cc2)cc1. The van der Waals surface area contributed by atoms with Gasteiger partial charge in [-0.15, -0.1) is 23.5 Å². The zero-order valence-electron chi connectivity index (χ0n) is 21.8. The number of hydrogen-bond donors (Lipinski definition) is 0. The lowest BCUT2D eigenvalue weighted by molar-refractivity contribution is 0.414. The fourth-order valence-corrected chi connectivity index (χ4v) is 8.20. The van der Waals surface area contributed by atoms with Crippen molar-refractivity contribution in [1.82, 2.24) is 0 Å². The first-order valence-corrected chi connectivity index (χ1v) is 14.8. The summed E-state index contributed by atoms with van der Waals surface area (Å²) in [5.74, 6) is 3.97. The van der Waals surface area contributed by atoms with Crippen molar-refractivity contribution in [3.8, 4) is 11.5 Å². The second-order valence-electron chi connectivity index (χ2n) is 9.02. The zero-order chi connectivity index (χ0) is 26.2. The fraction of sp³-hybridized carbons (Fsp3) is 0.176. The molecule has 192 valence electrons. The third kappa shape index (κ3) is 5.72. The Labute approximate surface area is 234 Å². The second kappa shape index (κ2) is 12.5. The summed E-state index contributed by atoms with van der Waals surface area (Å²) in [7, 11) is 3.40. The van der Waals surface area contributed by atoms with Gasteiger partial charge in [0.2, 0.25) is 0 Å². The average molecular weight is 537 g/mol. The van der Waals surface area contributed by atoms with E-state index in [0.29, 0.717) is 0 Å². The lowest BCUT2D eigenvalue weighted by Crippen LogP contribution is -2.24. The van der Waals surface area contributed by atoms with Gasteiger partial charge in [-0.1, -0.05) is 97.1 Å². The summed E-state index contributed by atoms with van der Waals surface area (Å²) in [6.07, 6.45) is 5.86. The number of allylic oxidation sites excluding steroid dienone is 2.